The Labute approximate surface area is 89.6 Å². The van der Waals surface area contributed by atoms with Crippen molar-refractivity contribution in [2.75, 3.05) is 13.7 Å². The van der Waals surface area contributed by atoms with Gasteiger partial charge in [-0.2, -0.15) is 0 Å². The van der Waals surface area contributed by atoms with E-state index in [0.29, 0.717) is 6.61 Å². The lowest BCUT2D eigenvalue weighted by atomic mass is 9.99. The first-order valence-electron chi connectivity index (χ1n) is 5.08. The summed E-state index contributed by atoms with van der Waals surface area (Å²) < 4.78 is 10.7. The van der Waals surface area contributed by atoms with Gasteiger partial charge in [0.2, 0.25) is 0 Å². The van der Waals surface area contributed by atoms with Crippen LogP contribution in [-0.4, -0.2) is 24.9 Å². The molecule has 0 aliphatic carbocycles. The van der Waals surface area contributed by atoms with Crippen LogP contribution in [0.4, 0.5) is 0 Å². The van der Waals surface area contributed by atoms with Crippen molar-refractivity contribution in [1.29, 1.82) is 0 Å². The lowest BCUT2D eigenvalue weighted by Gasteiger charge is -2.12. The molecule has 1 aromatic rings. The summed E-state index contributed by atoms with van der Waals surface area (Å²) in [6.07, 6.45) is -0.842. The first kappa shape index (κ1) is 10.5. The maximum Gasteiger partial charge on any atom is 0.152 e. The van der Waals surface area contributed by atoms with Gasteiger partial charge in [-0.25, -0.2) is 0 Å². The molecule has 0 amide bonds. The van der Waals surface area contributed by atoms with Gasteiger partial charge in [-0.05, 0) is 31.0 Å². The molecule has 2 unspecified atom stereocenters. The average molecular weight is 208 g/mol. The van der Waals surface area contributed by atoms with Crippen molar-refractivity contribution in [3.05, 3.63) is 28.8 Å². The molecule has 2 rings (SSSR count). The van der Waals surface area contributed by atoms with Crippen LogP contribution < -0.4 is 4.74 Å². The highest BCUT2D eigenvalue weighted by molar-refractivity contribution is 5.47. The van der Waals surface area contributed by atoms with Crippen molar-refractivity contribution < 1.29 is 14.6 Å². The molecule has 3 heteroatoms. The largest absolute Gasteiger partial charge is 0.485 e. The van der Waals surface area contributed by atoms with Crippen molar-refractivity contribution in [2.45, 2.75) is 26.1 Å². The molecule has 1 heterocycles. The van der Waals surface area contributed by atoms with E-state index in [1.54, 1.807) is 7.11 Å². The van der Waals surface area contributed by atoms with E-state index < -0.39 is 6.10 Å². The summed E-state index contributed by atoms with van der Waals surface area (Å²) in [7, 11) is 1.61. The van der Waals surface area contributed by atoms with Crippen LogP contribution in [0, 0.1) is 13.8 Å². The molecular formula is C12H16O3. The number of rotatable bonds is 2. The van der Waals surface area contributed by atoms with Gasteiger partial charge in [0, 0.05) is 12.7 Å². The molecule has 0 radical (unpaired) electrons. The smallest absolute Gasteiger partial charge is 0.152 e. The van der Waals surface area contributed by atoms with Crippen LogP contribution >= 0.6 is 0 Å². The molecule has 1 aliphatic rings. The Kier molecular flexibility index (Phi) is 2.67. The predicted octanol–water partition coefficient (Wildman–Crippen LogP) is 1.74. The lowest BCUT2D eigenvalue weighted by Crippen LogP contribution is -2.24. The molecule has 1 aromatic carbocycles. The van der Waals surface area contributed by atoms with Crippen molar-refractivity contribution in [2.24, 2.45) is 0 Å². The molecule has 2 atom stereocenters. The van der Waals surface area contributed by atoms with E-state index in [2.05, 4.69) is 6.07 Å². The maximum absolute atomic E-state index is 10.0. The molecule has 0 aromatic heterocycles. The fraction of sp³-hybridized carbons (Fsp3) is 0.500. The number of methoxy groups -OCH3 is 1. The number of benzene rings is 1. The summed E-state index contributed by atoms with van der Waals surface area (Å²) in [6.45, 7) is 4.43. The number of ether oxygens (including phenoxy) is 2. The number of hydrogen-bond donors (Lipinski definition) is 1. The highest BCUT2D eigenvalue weighted by atomic mass is 16.5. The minimum absolute atomic E-state index is 0.273. The van der Waals surface area contributed by atoms with E-state index in [1.165, 1.54) is 0 Å². The van der Waals surface area contributed by atoms with Crippen LogP contribution in [0.3, 0.4) is 0 Å². The monoisotopic (exact) mass is 208 g/mol. The Morgan fingerprint density at radius 1 is 1.40 bits per heavy atom. The quantitative estimate of drug-likeness (QED) is 0.804. The molecule has 0 spiro atoms. The third-order valence-corrected chi connectivity index (χ3v) is 2.75. The lowest BCUT2D eigenvalue weighted by molar-refractivity contribution is 0.0117. The Morgan fingerprint density at radius 3 is 2.80 bits per heavy atom. The number of aliphatic hydroxyl groups excluding tert-OH is 1. The number of fused-ring (bicyclic) bond motifs is 1. The van der Waals surface area contributed by atoms with E-state index in [-0.39, 0.29) is 6.10 Å². The highest BCUT2D eigenvalue weighted by Crippen LogP contribution is 2.39. The van der Waals surface area contributed by atoms with Gasteiger partial charge in [0.05, 0.1) is 6.61 Å². The first-order valence-corrected chi connectivity index (χ1v) is 5.08. The Morgan fingerprint density at radius 2 is 2.13 bits per heavy atom. The van der Waals surface area contributed by atoms with E-state index in [4.69, 9.17) is 9.47 Å². The van der Waals surface area contributed by atoms with Gasteiger partial charge in [-0.15, -0.1) is 0 Å². The third-order valence-electron chi connectivity index (χ3n) is 2.75. The van der Waals surface area contributed by atoms with Gasteiger partial charge in [-0.3, -0.25) is 0 Å². The molecule has 1 aliphatic heterocycles. The Hall–Kier alpha value is -1.06. The van der Waals surface area contributed by atoms with Crippen LogP contribution in [0.25, 0.3) is 0 Å². The van der Waals surface area contributed by atoms with Gasteiger partial charge in [0.15, 0.2) is 6.10 Å². The second-order valence-corrected chi connectivity index (χ2v) is 4.05. The first-order chi connectivity index (χ1) is 7.13. The van der Waals surface area contributed by atoms with Crippen LogP contribution in [0.5, 0.6) is 5.75 Å². The fourth-order valence-corrected chi connectivity index (χ4v) is 2.12. The third kappa shape index (κ3) is 1.73. The summed E-state index contributed by atoms with van der Waals surface area (Å²) in [6, 6.07) is 4.02. The SMILES string of the molecule is COCC1Oc2cc(C)cc(C)c2C1O. The van der Waals surface area contributed by atoms with Crippen LogP contribution in [-0.2, 0) is 4.74 Å². The number of aliphatic hydroxyl groups is 1. The molecule has 1 N–H and O–H groups in total. The Bertz CT molecular complexity index is 373. The van der Waals surface area contributed by atoms with Gasteiger partial charge in [-0.1, -0.05) is 6.07 Å². The normalized spacial score (nSPS) is 23.7. The number of hydrogen-bond acceptors (Lipinski definition) is 3. The zero-order valence-electron chi connectivity index (χ0n) is 9.28. The van der Waals surface area contributed by atoms with Gasteiger partial charge < -0.3 is 14.6 Å². The summed E-state index contributed by atoms with van der Waals surface area (Å²) in [5, 5.41) is 10.0. The van der Waals surface area contributed by atoms with Crippen LogP contribution in [0.2, 0.25) is 0 Å². The zero-order valence-corrected chi connectivity index (χ0v) is 9.28. The standard InChI is InChI=1S/C12H16O3/c1-7-4-8(2)11-9(5-7)15-10(6-14-3)12(11)13/h4-5,10,12-13H,6H2,1-3H3. The molecule has 0 fully saturated rings. The van der Waals surface area contributed by atoms with Gasteiger partial charge in [0.25, 0.3) is 0 Å². The van der Waals surface area contributed by atoms with Gasteiger partial charge >= 0.3 is 0 Å². The fourth-order valence-electron chi connectivity index (χ4n) is 2.12. The molecule has 3 nitrogen and oxygen atoms in total. The predicted molar refractivity (Wildman–Crippen MR) is 57.2 cm³/mol. The molecule has 15 heavy (non-hydrogen) atoms. The molecule has 0 saturated carbocycles. The molecule has 0 saturated heterocycles. The molecule has 82 valence electrons. The van der Waals surface area contributed by atoms with E-state index in [1.807, 2.05) is 19.9 Å². The Balaban J connectivity index is 2.36. The molecule has 0 bridgehead atoms. The maximum atomic E-state index is 10.0. The minimum Gasteiger partial charge on any atom is -0.485 e. The van der Waals surface area contributed by atoms with E-state index in [0.717, 1.165) is 22.4 Å². The summed E-state index contributed by atoms with van der Waals surface area (Å²) in [4.78, 5) is 0. The second kappa shape index (κ2) is 3.83. The van der Waals surface area contributed by atoms with Crippen molar-refractivity contribution >= 4 is 0 Å². The topological polar surface area (TPSA) is 38.7 Å². The second-order valence-electron chi connectivity index (χ2n) is 4.05. The van der Waals surface area contributed by atoms with Crippen LogP contribution in [0.15, 0.2) is 12.1 Å². The summed E-state index contributed by atoms with van der Waals surface area (Å²) in [5.74, 6) is 0.794. The summed E-state index contributed by atoms with van der Waals surface area (Å²) in [5.41, 5.74) is 3.13. The van der Waals surface area contributed by atoms with Crippen molar-refractivity contribution in [3.63, 3.8) is 0 Å². The van der Waals surface area contributed by atoms with E-state index in [9.17, 15) is 5.11 Å². The van der Waals surface area contributed by atoms with Gasteiger partial charge in [0.1, 0.15) is 11.9 Å². The summed E-state index contributed by atoms with van der Waals surface area (Å²) >= 11 is 0. The highest BCUT2D eigenvalue weighted by Gasteiger charge is 2.34. The minimum atomic E-state index is -0.569. The number of aryl methyl sites for hydroxylation is 2. The van der Waals surface area contributed by atoms with Crippen molar-refractivity contribution in [1.82, 2.24) is 0 Å². The van der Waals surface area contributed by atoms with Crippen molar-refractivity contribution in [3.8, 4) is 5.75 Å². The van der Waals surface area contributed by atoms with E-state index >= 15 is 0 Å². The molecular weight excluding hydrogens is 192 g/mol. The zero-order chi connectivity index (χ0) is 11.0. The average Bonchev–Trinajstić information content (AvgIpc) is 2.43. The van der Waals surface area contributed by atoms with Crippen LogP contribution in [0.1, 0.15) is 22.8 Å².